The summed E-state index contributed by atoms with van der Waals surface area (Å²) in [5.74, 6) is 0.928. The van der Waals surface area contributed by atoms with Gasteiger partial charge in [0.05, 0.1) is 6.61 Å². The number of hydrogen-bond donors (Lipinski definition) is 2. The molecule has 0 bridgehead atoms. The van der Waals surface area contributed by atoms with E-state index in [9.17, 15) is 5.11 Å². The van der Waals surface area contributed by atoms with E-state index < -0.39 is 0 Å². The zero-order valence-electron chi connectivity index (χ0n) is 11.2. The third kappa shape index (κ3) is 3.67. The summed E-state index contributed by atoms with van der Waals surface area (Å²) in [6, 6.07) is 1.40. The van der Waals surface area contributed by atoms with Gasteiger partial charge in [-0.25, -0.2) is 0 Å². The molecule has 3 unspecified atom stereocenters. The molecule has 0 aromatic carbocycles. The van der Waals surface area contributed by atoms with Crippen LogP contribution in [0.25, 0.3) is 0 Å². The summed E-state index contributed by atoms with van der Waals surface area (Å²) in [5, 5.41) is 12.8. The van der Waals surface area contributed by atoms with Gasteiger partial charge in [-0.2, -0.15) is 0 Å². The molecule has 1 saturated heterocycles. The molecular weight excluding hydrogens is 212 g/mol. The maximum Gasteiger partial charge on any atom is 0.0558 e. The van der Waals surface area contributed by atoms with Crippen molar-refractivity contribution in [2.75, 3.05) is 26.2 Å². The van der Waals surface area contributed by atoms with E-state index >= 15 is 0 Å². The summed E-state index contributed by atoms with van der Waals surface area (Å²) in [6.07, 6.45) is 8.03. The van der Waals surface area contributed by atoms with Crippen molar-refractivity contribution >= 4 is 0 Å². The fourth-order valence-corrected chi connectivity index (χ4v) is 3.50. The predicted molar refractivity (Wildman–Crippen MR) is 71.1 cm³/mol. The van der Waals surface area contributed by atoms with Gasteiger partial charge in [-0.15, -0.1) is 0 Å². The SMILES string of the molecule is CCC1CCC(N(CCO)CC2CCCN2)C1. The van der Waals surface area contributed by atoms with E-state index in [4.69, 9.17) is 0 Å². The lowest BCUT2D eigenvalue weighted by atomic mass is 10.0. The molecule has 1 heterocycles. The molecule has 0 radical (unpaired) electrons. The Balaban J connectivity index is 1.83. The van der Waals surface area contributed by atoms with Crippen LogP contribution in [0.4, 0.5) is 0 Å². The van der Waals surface area contributed by atoms with E-state index in [-0.39, 0.29) is 0 Å². The molecule has 0 aromatic heterocycles. The highest BCUT2D eigenvalue weighted by molar-refractivity contribution is 4.86. The molecule has 1 aliphatic carbocycles. The van der Waals surface area contributed by atoms with Crippen molar-refractivity contribution in [3.05, 3.63) is 0 Å². The first-order valence-electron chi connectivity index (χ1n) is 7.41. The van der Waals surface area contributed by atoms with E-state index in [0.717, 1.165) is 25.0 Å². The van der Waals surface area contributed by atoms with E-state index in [2.05, 4.69) is 17.1 Å². The minimum atomic E-state index is 0.306. The van der Waals surface area contributed by atoms with Crippen molar-refractivity contribution in [1.29, 1.82) is 0 Å². The molecule has 2 rings (SSSR count). The van der Waals surface area contributed by atoms with E-state index in [1.165, 1.54) is 45.1 Å². The first kappa shape index (κ1) is 13.3. The number of aliphatic hydroxyl groups is 1. The van der Waals surface area contributed by atoms with Gasteiger partial charge in [-0.1, -0.05) is 13.3 Å². The van der Waals surface area contributed by atoms with Crippen LogP contribution in [-0.2, 0) is 0 Å². The van der Waals surface area contributed by atoms with Crippen molar-refractivity contribution in [1.82, 2.24) is 10.2 Å². The van der Waals surface area contributed by atoms with Crippen LogP contribution in [0.5, 0.6) is 0 Å². The zero-order chi connectivity index (χ0) is 12.1. The van der Waals surface area contributed by atoms with Gasteiger partial charge in [-0.3, -0.25) is 4.90 Å². The molecule has 1 saturated carbocycles. The number of nitrogens with one attached hydrogen (secondary N) is 1. The molecule has 0 aromatic rings. The van der Waals surface area contributed by atoms with E-state index in [1.807, 2.05) is 0 Å². The van der Waals surface area contributed by atoms with Crippen LogP contribution in [0.1, 0.15) is 45.4 Å². The third-order valence-electron chi connectivity index (χ3n) is 4.61. The first-order valence-corrected chi connectivity index (χ1v) is 7.41. The summed E-state index contributed by atoms with van der Waals surface area (Å²) >= 11 is 0. The van der Waals surface area contributed by atoms with Crippen LogP contribution in [0.15, 0.2) is 0 Å². The average Bonchev–Trinajstić information content (AvgIpc) is 2.99. The molecule has 3 heteroatoms. The third-order valence-corrected chi connectivity index (χ3v) is 4.61. The minimum Gasteiger partial charge on any atom is -0.395 e. The van der Waals surface area contributed by atoms with Crippen molar-refractivity contribution in [2.24, 2.45) is 5.92 Å². The molecule has 2 fully saturated rings. The molecule has 0 amide bonds. The highest BCUT2D eigenvalue weighted by Gasteiger charge is 2.29. The highest BCUT2D eigenvalue weighted by Crippen LogP contribution is 2.31. The lowest BCUT2D eigenvalue weighted by Crippen LogP contribution is -2.43. The standard InChI is InChI=1S/C14H28N2O/c1-2-12-5-6-14(10-12)16(8-9-17)11-13-4-3-7-15-13/h12-15,17H,2-11H2,1H3. The summed E-state index contributed by atoms with van der Waals surface area (Å²) in [6.45, 7) is 5.79. The van der Waals surface area contributed by atoms with Gasteiger partial charge in [0, 0.05) is 25.2 Å². The summed E-state index contributed by atoms with van der Waals surface area (Å²) in [4.78, 5) is 2.54. The Hall–Kier alpha value is -0.120. The van der Waals surface area contributed by atoms with Crippen LogP contribution >= 0.6 is 0 Å². The van der Waals surface area contributed by atoms with Gasteiger partial charge in [0.15, 0.2) is 0 Å². The van der Waals surface area contributed by atoms with Crippen LogP contribution in [0.2, 0.25) is 0 Å². The molecule has 100 valence electrons. The van der Waals surface area contributed by atoms with Crippen LogP contribution in [0.3, 0.4) is 0 Å². The summed E-state index contributed by atoms with van der Waals surface area (Å²) in [5.41, 5.74) is 0. The van der Waals surface area contributed by atoms with Crippen LogP contribution < -0.4 is 5.32 Å². The van der Waals surface area contributed by atoms with Gasteiger partial charge in [0.1, 0.15) is 0 Å². The Morgan fingerprint density at radius 3 is 2.76 bits per heavy atom. The minimum absolute atomic E-state index is 0.306. The van der Waals surface area contributed by atoms with Gasteiger partial charge >= 0.3 is 0 Å². The Morgan fingerprint density at radius 1 is 1.29 bits per heavy atom. The lowest BCUT2D eigenvalue weighted by Gasteiger charge is -2.31. The normalized spacial score (nSPS) is 33.7. The molecule has 17 heavy (non-hydrogen) atoms. The summed E-state index contributed by atoms with van der Waals surface area (Å²) < 4.78 is 0. The molecular formula is C14H28N2O. The van der Waals surface area contributed by atoms with Crippen molar-refractivity contribution < 1.29 is 5.11 Å². The second-order valence-electron chi connectivity index (χ2n) is 5.75. The second-order valence-corrected chi connectivity index (χ2v) is 5.75. The average molecular weight is 240 g/mol. The van der Waals surface area contributed by atoms with E-state index in [1.54, 1.807) is 0 Å². The maximum atomic E-state index is 9.23. The molecule has 3 nitrogen and oxygen atoms in total. The largest absolute Gasteiger partial charge is 0.395 e. The Labute approximate surface area is 106 Å². The molecule has 3 atom stereocenters. The Kier molecular flexibility index (Phi) is 5.26. The molecule has 2 N–H and O–H groups in total. The van der Waals surface area contributed by atoms with Gasteiger partial charge in [0.25, 0.3) is 0 Å². The van der Waals surface area contributed by atoms with Gasteiger partial charge in [0.2, 0.25) is 0 Å². The molecule has 2 aliphatic rings. The smallest absolute Gasteiger partial charge is 0.0558 e. The fourth-order valence-electron chi connectivity index (χ4n) is 3.50. The quantitative estimate of drug-likeness (QED) is 0.740. The van der Waals surface area contributed by atoms with Crippen LogP contribution in [0, 0.1) is 5.92 Å². The van der Waals surface area contributed by atoms with Crippen molar-refractivity contribution in [3.63, 3.8) is 0 Å². The van der Waals surface area contributed by atoms with E-state index in [0.29, 0.717) is 12.6 Å². The highest BCUT2D eigenvalue weighted by atomic mass is 16.3. The Morgan fingerprint density at radius 2 is 2.18 bits per heavy atom. The van der Waals surface area contributed by atoms with Crippen molar-refractivity contribution in [2.45, 2.75) is 57.5 Å². The van der Waals surface area contributed by atoms with Crippen LogP contribution in [-0.4, -0.2) is 48.3 Å². The number of nitrogens with zero attached hydrogens (tertiary/aromatic N) is 1. The number of rotatable bonds is 6. The Bertz CT molecular complexity index is 216. The fraction of sp³-hybridized carbons (Fsp3) is 1.00. The van der Waals surface area contributed by atoms with Crippen molar-refractivity contribution in [3.8, 4) is 0 Å². The molecule has 0 spiro atoms. The summed E-state index contributed by atoms with van der Waals surface area (Å²) in [7, 11) is 0. The number of hydrogen-bond acceptors (Lipinski definition) is 3. The maximum absolute atomic E-state index is 9.23. The first-order chi connectivity index (χ1) is 8.33. The molecule has 1 aliphatic heterocycles. The lowest BCUT2D eigenvalue weighted by molar-refractivity contribution is 0.138. The number of aliphatic hydroxyl groups excluding tert-OH is 1. The second kappa shape index (κ2) is 6.72. The predicted octanol–water partition coefficient (Wildman–Crippen LogP) is 1.61. The van der Waals surface area contributed by atoms with Gasteiger partial charge < -0.3 is 10.4 Å². The topological polar surface area (TPSA) is 35.5 Å². The van der Waals surface area contributed by atoms with Gasteiger partial charge in [-0.05, 0) is 44.6 Å². The monoisotopic (exact) mass is 240 g/mol. The zero-order valence-corrected chi connectivity index (χ0v) is 11.2.